The van der Waals surface area contributed by atoms with Crippen LogP contribution in [0.25, 0.3) is 11.6 Å². The number of nitrogens with zero attached hydrogens (tertiary/aromatic N) is 4. The largest absolute Gasteiger partial charge is 0.454 e. The molecule has 1 heterocycles. The summed E-state index contributed by atoms with van der Waals surface area (Å²) in [4.78, 5) is 12.8. The van der Waals surface area contributed by atoms with Gasteiger partial charge in [-0.2, -0.15) is 8.78 Å². The summed E-state index contributed by atoms with van der Waals surface area (Å²) < 4.78 is 36.0. The molecule has 0 atom stereocenters. The van der Waals surface area contributed by atoms with E-state index in [2.05, 4.69) is 20.3 Å². The van der Waals surface area contributed by atoms with Crippen LogP contribution in [0.15, 0.2) is 54.6 Å². The summed E-state index contributed by atoms with van der Waals surface area (Å²) in [5.74, 6) is -0.0694. The first-order chi connectivity index (χ1) is 14.6. The summed E-state index contributed by atoms with van der Waals surface area (Å²) in [5, 5.41) is 11.4. The summed E-state index contributed by atoms with van der Waals surface area (Å²) in [6.45, 7) is -0.359. The fraction of sp³-hybridized carbons (Fsp3) is 0.238. The van der Waals surface area contributed by atoms with Gasteiger partial charge in [0, 0.05) is 6.54 Å². The van der Waals surface area contributed by atoms with Crippen LogP contribution in [-0.2, 0) is 22.7 Å². The molecule has 3 rings (SSSR count). The van der Waals surface area contributed by atoms with E-state index < -0.39 is 12.6 Å². The van der Waals surface area contributed by atoms with Gasteiger partial charge in [-0.05, 0) is 46.2 Å². The number of aromatic nitrogens is 4. The number of benzene rings is 2. The summed E-state index contributed by atoms with van der Waals surface area (Å²) in [5.41, 5.74) is 1.60. The first-order valence-electron chi connectivity index (χ1n) is 9.31. The number of hydrogen-bond acceptors (Lipinski definition) is 6. The van der Waals surface area contributed by atoms with Crippen molar-refractivity contribution in [1.82, 2.24) is 20.2 Å². The number of halogens is 2. The van der Waals surface area contributed by atoms with Crippen molar-refractivity contribution >= 4 is 17.6 Å². The van der Waals surface area contributed by atoms with E-state index in [-0.39, 0.29) is 12.4 Å². The van der Waals surface area contributed by atoms with Crippen LogP contribution in [0.2, 0.25) is 0 Å². The summed E-state index contributed by atoms with van der Waals surface area (Å²) in [6.07, 6.45) is 2.46. The van der Waals surface area contributed by atoms with Crippen molar-refractivity contribution in [2.24, 2.45) is 0 Å². The van der Waals surface area contributed by atoms with Crippen LogP contribution in [-0.4, -0.2) is 32.8 Å². The molecule has 30 heavy (non-hydrogen) atoms. The Morgan fingerprint density at radius 3 is 2.53 bits per heavy atom. The molecule has 7 nitrogen and oxygen atoms in total. The van der Waals surface area contributed by atoms with Gasteiger partial charge in [-0.3, -0.25) is 0 Å². The topological polar surface area (TPSA) is 79.1 Å². The lowest BCUT2D eigenvalue weighted by Crippen LogP contribution is -2.12. The van der Waals surface area contributed by atoms with Gasteiger partial charge in [0.2, 0.25) is 0 Å². The SMILES string of the molecule is CCCn1nnnc1COC(=O)/C(=C/c1ccc(OC(F)F)cc1)c1ccccc1. The molecule has 0 spiro atoms. The maximum atomic E-state index is 12.8. The Balaban J connectivity index is 1.81. The molecule has 0 unspecified atom stereocenters. The maximum Gasteiger partial charge on any atom is 0.387 e. The number of ether oxygens (including phenoxy) is 2. The zero-order chi connectivity index (χ0) is 21.3. The first kappa shape index (κ1) is 21.1. The average molecular weight is 414 g/mol. The molecule has 9 heteroatoms. The normalized spacial score (nSPS) is 11.5. The highest BCUT2D eigenvalue weighted by Gasteiger charge is 2.16. The molecule has 0 radical (unpaired) electrons. The second kappa shape index (κ2) is 10.2. The molecule has 0 amide bonds. The van der Waals surface area contributed by atoms with E-state index in [1.165, 1.54) is 12.1 Å². The molecule has 3 aromatic rings. The van der Waals surface area contributed by atoms with Crippen LogP contribution in [0.1, 0.15) is 30.3 Å². The molecule has 0 saturated heterocycles. The highest BCUT2D eigenvalue weighted by atomic mass is 19.3. The molecule has 0 bridgehead atoms. The molecule has 0 fully saturated rings. The van der Waals surface area contributed by atoms with Gasteiger partial charge in [0.15, 0.2) is 12.4 Å². The summed E-state index contributed by atoms with van der Waals surface area (Å²) >= 11 is 0. The minimum atomic E-state index is -2.90. The Kier molecular flexibility index (Phi) is 7.20. The van der Waals surface area contributed by atoms with Crippen LogP contribution < -0.4 is 4.74 Å². The molecule has 0 aliphatic carbocycles. The number of esters is 1. The van der Waals surface area contributed by atoms with Crippen molar-refractivity contribution in [3.05, 3.63) is 71.5 Å². The minimum absolute atomic E-state index is 0.0359. The Morgan fingerprint density at radius 2 is 1.87 bits per heavy atom. The molecule has 156 valence electrons. The number of rotatable bonds is 9. The van der Waals surface area contributed by atoms with Gasteiger partial charge in [0.05, 0.1) is 5.57 Å². The zero-order valence-corrected chi connectivity index (χ0v) is 16.2. The van der Waals surface area contributed by atoms with E-state index >= 15 is 0 Å². The maximum absolute atomic E-state index is 12.8. The average Bonchev–Trinajstić information content (AvgIpc) is 3.19. The third-order valence-electron chi connectivity index (χ3n) is 4.09. The summed E-state index contributed by atoms with van der Waals surface area (Å²) in [6, 6.07) is 15.0. The number of carbonyl (C=O) groups excluding carboxylic acids is 1. The third kappa shape index (κ3) is 5.69. The van der Waals surface area contributed by atoms with Crippen molar-refractivity contribution in [3.8, 4) is 5.75 Å². The van der Waals surface area contributed by atoms with E-state index in [9.17, 15) is 13.6 Å². The third-order valence-corrected chi connectivity index (χ3v) is 4.09. The fourth-order valence-electron chi connectivity index (χ4n) is 2.71. The van der Waals surface area contributed by atoms with E-state index in [0.717, 1.165) is 6.42 Å². The Bertz CT molecular complexity index is 989. The highest BCUT2D eigenvalue weighted by Crippen LogP contribution is 2.22. The molecule has 0 aliphatic heterocycles. The predicted octanol–water partition coefficient (Wildman–Crippen LogP) is 3.97. The van der Waals surface area contributed by atoms with Crippen molar-refractivity contribution in [2.45, 2.75) is 33.1 Å². The van der Waals surface area contributed by atoms with Gasteiger partial charge in [-0.25, -0.2) is 9.48 Å². The molecule has 1 aromatic heterocycles. The lowest BCUT2D eigenvalue weighted by molar-refractivity contribution is -0.138. The zero-order valence-electron chi connectivity index (χ0n) is 16.2. The Hall–Kier alpha value is -3.62. The van der Waals surface area contributed by atoms with Crippen molar-refractivity contribution in [2.75, 3.05) is 0 Å². The van der Waals surface area contributed by atoms with Gasteiger partial charge in [-0.15, -0.1) is 5.10 Å². The van der Waals surface area contributed by atoms with Gasteiger partial charge < -0.3 is 9.47 Å². The lowest BCUT2D eigenvalue weighted by atomic mass is 10.0. The molecule has 2 aromatic carbocycles. The predicted molar refractivity (Wildman–Crippen MR) is 105 cm³/mol. The molecule has 0 N–H and O–H groups in total. The van der Waals surface area contributed by atoms with Crippen molar-refractivity contribution < 1.29 is 23.0 Å². The van der Waals surface area contributed by atoms with E-state index in [0.29, 0.717) is 29.1 Å². The van der Waals surface area contributed by atoms with Crippen LogP contribution in [0.4, 0.5) is 8.78 Å². The van der Waals surface area contributed by atoms with Crippen LogP contribution >= 0.6 is 0 Å². The lowest BCUT2D eigenvalue weighted by Gasteiger charge is -2.10. The van der Waals surface area contributed by atoms with Gasteiger partial charge in [-0.1, -0.05) is 49.4 Å². The number of tetrazole rings is 1. The van der Waals surface area contributed by atoms with Crippen molar-refractivity contribution in [3.63, 3.8) is 0 Å². The Labute approximate surface area is 171 Å². The fourth-order valence-corrected chi connectivity index (χ4v) is 2.71. The second-order valence-corrected chi connectivity index (χ2v) is 6.27. The van der Waals surface area contributed by atoms with E-state index in [1.807, 2.05) is 13.0 Å². The van der Waals surface area contributed by atoms with E-state index in [4.69, 9.17) is 4.74 Å². The van der Waals surface area contributed by atoms with Crippen LogP contribution in [0.3, 0.4) is 0 Å². The number of alkyl halides is 2. The quantitative estimate of drug-likeness (QED) is 0.300. The summed E-state index contributed by atoms with van der Waals surface area (Å²) in [7, 11) is 0. The Morgan fingerprint density at radius 1 is 1.13 bits per heavy atom. The number of hydrogen-bond donors (Lipinski definition) is 0. The second-order valence-electron chi connectivity index (χ2n) is 6.27. The van der Waals surface area contributed by atoms with Gasteiger partial charge in [0.25, 0.3) is 0 Å². The van der Waals surface area contributed by atoms with E-state index in [1.54, 1.807) is 47.2 Å². The highest BCUT2D eigenvalue weighted by molar-refractivity contribution is 6.21. The minimum Gasteiger partial charge on any atom is -0.454 e. The molecule has 0 saturated carbocycles. The molecule has 0 aliphatic rings. The van der Waals surface area contributed by atoms with Crippen molar-refractivity contribution in [1.29, 1.82) is 0 Å². The monoisotopic (exact) mass is 414 g/mol. The number of aryl methyl sites for hydroxylation is 1. The van der Waals surface area contributed by atoms with Crippen LogP contribution in [0, 0.1) is 0 Å². The molecular weight excluding hydrogens is 394 g/mol. The van der Waals surface area contributed by atoms with Crippen LogP contribution in [0.5, 0.6) is 5.75 Å². The van der Waals surface area contributed by atoms with Gasteiger partial charge >= 0.3 is 12.6 Å². The van der Waals surface area contributed by atoms with Gasteiger partial charge in [0.1, 0.15) is 5.75 Å². The number of carbonyl (C=O) groups is 1. The standard InChI is InChI=1S/C21H20F2N4O3/c1-2-12-27-19(24-25-26-27)14-29-20(28)18(16-6-4-3-5-7-16)13-15-8-10-17(11-9-15)30-21(22)23/h3-11,13,21H,2,12,14H2,1H3/b18-13+. The molecular formula is C21H20F2N4O3. The smallest absolute Gasteiger partial charge is 0.387 e. The first-order valence-corrected chi connectivity index (χ1v) is 9.31.